The fraction of sp³-hybridized carbons (Fsp3) is 0.417. The maximum atomic E-state index is 11.0. The van der Waals surface area contributed by atoms with Crippen molar-refractivity contribution in [3.8, 4) is 5.75 Å². The van der Waals surface area contributed by atoms with Crippen molar-refractivity contribution in [3.63, 3.8) is 0 Å². The third kappa shape index (κ3) is 1.60. The lowest BCUT2D eigenvalue weighted by molar-refractivity contribution is 0.0728. The minimum absolute atomic E-state index is 0.0548. The number of carbonyl (C=O) groups excluding carboxylic acids is 1. The summed E-state index contributed by atoms with van der Waals surface area (Å²) >= 11 is 0. The molecule has 0 aliphatic carbocycles. The minimum Gasteiger partial charge on any atom is -0.493 e. The van der Waals surface area contributed by atoms with Gasteiger partial charge in [-0.3, -0.25) is 0 Å². The SMILES string of the molecule is O=C1NCC(C2COc3ccccc3C2)O1. The van der Waals surface area contributed by atoms with Crippen molar-refractivity contribution in [1.82, 2.24) is 5.32 Å². The van der Waals surface area contributed by atoms with E-state index >= 15 is 0 Å². The summed E-state index contributed by atoms with van der Waals surface area (Å²) in [7, 11) is 0. The molecule has 2 atom stereocenters. The second kappa shape index (κ2) is 3.70. The molecule has 0 radical (unpaired) electrons. The predicted molar refractivity (Wildman–Crippen MR) is 57.4 cm³/mol. The fourth-order valence-corrected chi connectivity index (χ4v) is 2.26. The summed E-state index contributed by atoms with van der Waals surface area (Å²) in [6.07, 6.45) is 0.542. The van der Waals surface area contributed by atoms with Crippen LogP contribution in [0.15, 0.2) is 24.3 Å². The van der Waals surface area contributed by atoms with Crippen LogP contribution in [0, 0.1) is 5.92 Å². The van der Waals surface area contributed by atoms with Crippen LogP contribution in [-0.4, -0.2) is 25.3 Å². The van der Waals surface area contributed by atoms with Gasteiger partial charge in [-0.05, 0) is 18.1 Å². The lowest BCUT2D eigenvalue weighted by Gasteiger charge is -2.27. The fourth-order valence-electron chi connectivity index (χ4n) is 2.26. The Morgan fingerprint density at radius 1 is 1.31 bits per heavy atom. The Balaban J connectivity index is 1.75. The number of amides is 1. The van der Waals surface area contributed by atoms with E-state index in [-0.39, 0.29) is 18.1 Å². The molecule has 1 N–H and O–H groups in total. The second-order valence-electron chi connectivity index (χ2n) is 4.21. The molecule has 1 saturated heterocycles. The van der Waals surface area contributed by atoms with Crippen LogP contribution in [0.4, 0.5) is 4.79 Å². The van der Waals surface area contributed by atoms with Crippen molar-refractivity contribution in [2.24, 2.45) is 5.92 Å². The molecule has 2 aliphatic rings. The molecule has 1 amide bonds. The summed E-state index contributed by atoms with van der Waals surface area (Å²) in [6, 6.07) is 8.01. The Hall–Kier alpha value is -1.71. The lowest BCUT2D eigenvalue weighted by Crippen LogP contribution is -2.33. The highest BCUT2D eigenvalue weighted by atomic mass is 16.6. The van der Waals surface area contributed by atoms with Crippen LogP contribution in [-0.2, 0) is 11.2 Å². The minimum atomic E-state index is -0.316. The summed E-state index contributed by atoms with van der Waals surface area (Å²) < 4.78 is 10.9. The Morgan fingerprint density at radius 2 is 2.19 bits per heavy atom. The lowest BCUT2D eigenvalue weighted by atomic mass is 9.92. The van der Waals surface area contributed by atoms with E-state index in [0.717, 1.165) is 12.2 Å². The van der Waals surface area contributed by atoms with Gasteiger partial charge in [-0.25, -0.2) is 4.79 Å². The molecule has 0 aromatic heterocycles. The Kier molecular flexibility index (Phi) is 2.20. The highest BCUT2D eigenvalue weighted by Gasteiger charge is 2.33. The van der Waals surface area contributed by atoms with Crippen molar-refractivity contribution in [2.45, 2.75) is 12.5 Å². The van der Waals surface area contributed by atoms with E-state index < -0.39 is 0 Å². The Bertz CT molecular complexity index is 418. The van der Waals surface area contributed by atoms with Gasteiger partial charge < -0.3 is 14.8 Å². The number of benzene rings is 1. The summed E-state index contributed by atoms with van der Waals surface area (Å²) in [5, 5.41) is 2.67. The molecule has 2 heterocycles. The summed E-state index contributed by atoms with van der Waals surface area (Å²) in [6.45, 7) is 1.21. The van der Waals surface area contributed by atoms with Crippen molar-refractivity contribution < 1.29 is 14.3 Å². The Morgan fingerprint density at radius 3 is 3.00 bits per heavy atom. The summed E-state index contributed by atoms with van der Waals surface area (Å²) in [4.78, 5) is 11.0. The second-order valence-corrected chi connectivity index (χ2v) is 4.21. The van der Waals surface area contributed by atoms with Gasteiger partial charge >= 0.3 is 6.09 Å². The first kappa shape index (κ1) is 9.51. The number of cyclic esters (lactones) is 1. The van der Waals surface area contributed by atoms with Crippen molar-refractivity contribution in [1.29, 1.82) is 0 Å². The number of alkyl carbamates (subject to hydrolysis) is 1. The van der Waals surface area contributed by atoms with Gasteiger partial charge in [0.15, 0.2) is 0 Å². The van der Waals surface area contributed by atoms with Gasteiger partial charge in [0.25, 0.3) is 0 Å². The van der Waals surface area contributed by atoms with Crippen molar-refractivity contribution in [3.05, 3.63) is 29.8 Å². The van der Waals surface area contributed by atoms with Crippen LogP contribution in [0.5, 0.6) is 5.75 Å². The number of fused-ring (bicyclic) bond motifs is 1. The summed E-state index contributed by atoms with van der Waals surface area (Å²) in [5.74, 6) is 1.21. The van der Waals surface area contributed by atoms with Crippen LogP contribution >= 0.6 is 0 Å². The smallest absolute Gasteiger partial charge is 0.407 e. The van der Waals surface area contributed by atoms with Gasteiger partial charge in [0.2, 0.25) is 0 Å². The number of carbonyl (C=O) groups is 1. The van der Waals surface area contributed by atoms with Crippen molar-refractivity contribution in [2.75, 3.05) is 13.2 Å². The Labute approximate surface area is 93.5 Å². The number of rotatable bonds is 1. The highest BCUT2D eigenvalue weighted by Crippen LogP contribution is 2.29. The highest BCUT2D eigenvalue weighted by molar-refractivity contribution is 5.69. The van der Waals surface area contributed by atoms with Gasteiger partial charge in [0.05, 0.1) is 13.2 Å². The number of nitrogens with one attached hydrogen (secondary N) is 1. The van der Waals surface area contributed by atoms with Crippen LogP contribution in [0.25, 0.3) is 0 Å². The van der Waals surface area contributed by atoms with E-state index in [1.54, 1.807) is 0 Å². The molecule has 1 aromatic carbocycles. The van der Waals surface area contributed by atoms with Gasteiger partial charge in [0.1, 0.15) is 11.9 Å². The predicted octanol–water partition coefficient (Wildman–Crippen LogP) is 1.35. The van der Waals surface area contributed by atoms with Crippen LogP contribution < -0.4 is 10.1 Å². The first-order valence-electron chi connectivity index (χ1n) is 5.48. The average molecular weight is 219 g/mol. The molecule has 2 unspecified atom stereocenters. The molecule has 3 rings (SSSR count). The van der Waals surface area contributed by atoms with Crippen LogP contribution in [0.2, 0.25) is 0 Å². The van der Waals surface area contributed by atoms with Gasteiger partial charge in [-0.15, -0.1) is 0 Å². The molecule has 16 heavy (non-hydrogen) atoms. The largest absolute Gasteiger partial charge is 0.493 e. The van der Waals surface area contributed by atoms with Crippen molar-refractivity contribution >= 4 is 6.09 Å². The van der Waals surface area contributed by atoms with Gasteiger partial charge in [0, 0.05) is 5.92 Å². The molecular formula is C12H13NO3. The first-order chi connectivity index (χ1) is 7.83. The molecule has 1 fully saturated rings. The monoisotopic (exact) mass is 219 g/mol. The van der Waals surface area contributed by atoms with E-state index in [4.69, 9.17) is 9.47 Å². The van der Waals surface area contributed by atoms with Gasteiger partial charge in [-0.2, -0.15) is 0 Å². The maximum absolute atomic E-state index is 11.0. The van der Waals surface area contributed by atoms with E-state index in [1.165, 1.54) is 5.56 Å². The molecule has 4 nitrogen and oxygen atoms in total. The molecular weight excluding hydrogens is 206 g/mol. The zero-order valence-electron chi connectivity index (χ0n) is 8.81. The molecule has 0 spiro atoms. The zero-order valence-corrected chi connectivity index (χ0v) is 8.81. The number of ether oxygens (including phenoxy) is 2. The van der Waals surface area contributed by atoms with Gasteiger partial charge in [-0.1, -0.05) is 18.2 Å². The number of hydrogen-bond donors (Lipinski definition) is 1. The molecule has 2 aliphatic heterocycles. The van der Waals surface area contributed by atoms with E-state index in [0.29, 0.717) is 13.2 Å². The van der Waals surface area contributed by atoms with E-state index in [9.17, 15) is 4.79 Å². The molecule has 0 bridgehead atoms. The number of hydrogen-bond acceptors (Lipinski definition) is 3. The third-order valence-electron chi connectivity index (χ3n) is 3.14. The summed E-state index contributed by atoms with van der Waals surface area (Å²) in [5.41, 5.74) is 1.20. The molecule has 0 saturated carbocycles. The normalized spacial score (nSPS) is 27.6. The van der Waals surface area contributed by atoms with Crippen LogP contribution in [0.1, 0.15) is 5.56 Å². The number of para-hydroxylation sites is 1. The molecule has 4 heteroatoms. The quantitative estimate of drug-likeness (QED) is 0.775. The van der Waals surface area contributed by atoms with Crippen LogP contribution in [0.3, 0.4) is 0 Å². The van der Waals surface area contributed by atoms with E-state index in [1.807, 2.05) is 18.2 Å². The molecule has 1 aromatic rings. The molecule has 84 valence electrons. The zero-order chi connectivity index (χ0) is 11.0. The van der Waals surface area contributed by atoms with E-state index in [2.05, 4.69) is 11.4 Å². The standard InChI is InChI=1S/C12H13NO3/c14-12-13-6-11(16-12)9-5-8-3-1-2-4-10(8)15-7-9/h1-4,9,11H,5-7H2,(H,13,14). The average Bonchev–Trinajstić information content (AvgIpc) is 2.75. The third-order valence-corrected chi connectivity index (χ3v) is 3.14. The maximum Gasteiger partial charge on any atom is 0.407 e. The first-order valence-corrected chi connectivity index (χ1v) is 5.48. The topological polar surface area (TPSA) is 47.6 Å².